The zero-order valence-electron chi connectivity index (χ0n) is 23.3. The monoisotopic (exact) mass is 573 g/mol. The van der Waals surface area contributed by atoms with E-state index in [9.17, 15) is 12.8 Å². The molecule has 41 heavy (non-hydrogen) atoms. The number of nitrogens with zero attached hydrogens (tertiary/aromatic N) is 5. The molecule has 212 valence electrons. The molecule has 0 radical (unpaired) electrons. The summed E-state index contributed by atoms with van der Waals surface area (Å²) in [5.41, 5.74) is 3.81. The van der Waals surface area contributed by atoms with Crippen LogP contribution in [0.3, 0.4) is 0 Å². The zero-order chi connectivity index (χ0) is 28.7. The van der Waals surface area contributed by atoms with Gasteiger partial charge < -0.3 is 9.64 Å². The van der Waals surface area contributed by atoms with E-state index in [1.807, 2.05) is 23.9 Å². The fourth-order valence-corrected chi connectivity index (χ4v) is 6.84. The van der Waals surface area contributed by atoms with Gasteiger partial charge in [-0.3, -0.25) is 4.68 Å². The molecular weight excluding hydrogens is 541 g/mol. The molecule has 0 saturated carbocycles. The number of fused-ring (bicyclic) bond motifs is 1. The van der Waals surface area contributed by atoms with Crippen LogP contribution >= 0.6 is 0 Å². The van der Waals surface area contributed by atoms with Crippen LogP contribution in [-0.2, 0) is 10.0 Å². The van der Waals surface area contributed by atoms with Crippen molar-refractivity contribution < 1.29 is 17.5 Å². The number of benzene rings is 2. The Hall–Kier alpha value is -4.02. The van der Waals surface area contributed by atoms with Crippen molar-refractivity contribution in [2.45, 2.75) is 37.1 Å². The van der Waals surface area contributed by atoms with Crippen molar-refractivity contribution in [2.24, 2.45) is 0 Å². The lowest BCUT2D eigenvalue weighted by Gasteiger charge is -2.15. The lowest BCUT2D eigenvalue weighted by Crippen LogP contribution is -2.19. The Morgan fingerprint density at radius 1 is 0.976 bits per heavy atom. The predicted octanol–water partition coefficient (Wildman–Crippen LogP) is 5.92. The van der Waals surface area contributed by atoms with Crippen molar-refractivity contribution in [3.05, 3.63) is 84.6 Å². The first kappa shape index (κ1) is 27.2. The van der Waals surface area contributed by atoms with E-state index in [0.29, 0.717) is 22.4 Å². The molecule has 1 unspecified atom stereocenters. The number of pyridine rings is 1. The van der Waals surface area contributed by atoms with E-state index in [2.05, 4.69) is 16.9 Å². The summed E-state index contributed by atoms with van der Waals surface area (Å²) in [4.78, 5) is 7.13. The van der Waals surface area contributed by atoms with Crippen LogP contribution in [0.15, 0.2) is 78.1 Å². The molecule has 5 aromatic rings. The highest BCUT2D eigenvalue weighted by molar-refractivity contribution is 7.90. The van der Waals surface area contributed by atoms with Gasteiger partial charge in [-0.15, -0.1) is 5.10 Å². The van der Waals surface area contributed by atoms with Gasteiger partial charge in [0.05, 0.1) is 23.6 Å². The number of halogens is 1. The minimum Gasteiger partial charge on any atom is -0.479 e. The highest BCUT2D eigenvalue weighted by Gasteiger charge is 2.25. The number of hydrogen-bond acceptors (Lipinski definition) is 6. The molecular formula is C31H32FN5O3S. The molecule has 8 nitrogen and oxygen atoms in total. The maximum absolute atomic E-state index is 14.3. The number of likely N-dealkylation sites (tertiary alicyclic amines) is 1. The smallest absolute Gasteiger partial charge is 0.269 e. The van der Waals surface area contributed by atoms with E-state index in [4.69, 9.17) is 9.84 Å². The van der Waals surface area contributed by atoms with Gasteiger partial charge in [0.2, 0.25) is 5.88 Å². The van der Waals surface area contributed by atoms with Gasteiger partial charge in [0.1, 0.15) is 5.82 Å². The molecule has 0 aliphatic carbocycles. The average Bonchev–Trinajstić information content (AvgIpc) is 3.50. The first-order chi connectivity index (χ1) is 19.7. The van der Waals surface area contributed by atoms with Crippen molar-refractivity contribution >= 4 is 21.1 Å². The summed E-state index contributed by atoms with van der Waals surface area (Å²) in [7, 11) is -0.245. The van der Waals surface area contributed by atoms with E-state index < -0.39 is 15.8 Å². The Labute approximate surface area is 239 Å². The van der Waals surface area contributed by atoms with E-state index in [0.717, 1.165) is 49.0 Å². The number of aromatic nitrogens is 4. The molecule has 0 N–H and O–H groups in total. The fourth-order valence-electron chi connectivity index (χ4n) is 5.52. The van der Waals surface area contributed by atoms with Gasteiger partial charge in [0.25, 0.3) is 10.0 Å². The summed E-state index contributed by atoms with van der Waals surface area (Å²) in [5.74, 6) is 0.0636. The van der Waals surface area contributed by atoms with Gasteiger partial charge in [-0.05, 0) is 82.2 Å². The standard InChI is InChI=1S/C31H32FN5O3S/c1-21-9-11-26(12-10-21)41(38,39)37-20-28(22-6-4-7-24(32)16-22)27-17-23(18-33-30(27)37)29-19-36(34-31(29)40-3)25-8-5-14-35(2)15-13-25/h4,6-7,9-12,16-20,25H,5,8,13-15H2,1-3H3. The zero-order valence-corrected chi connectivity index (χ0v) is 24.1. The molecule has 0 spiro atoms. The second-order valence-corrected chi connectivity index (χ2v) is 12.5. The van der Waals surface area contributed by atoms with Crippen molar-refractivity contribution in [1.29, 1.82) is 0 Å². The van der Waals surface area contributed by atoms with Crippen LogP contribution in [0.1, 0.15) is 30.9 Å². The van der Waals surface area contributed by atoms with Gasteiger partial charge in [0.15, 0.2) is 5.65 Å². The van der Waals surface area contributed by atoms with E-state index in [1.165, 1.54) is 22.3 Å². The second-order valence-electron chi connectivity index (χ2n) is 10.7. The van der Waals surface area contributed by atoms with Gasteiger partial charge in [0, 0.05) is 35.1 Å². The lowest BCUT2D eigenvalue weighted by atomic mass is 10.0. The van der Waals surface area contributed by atoms with E-state index >= 15 is 0 Å². The Balaban J connectivity index is 1.50. The summed E-state index contributed by atoms with van der Waals surface area (Å²) < 4.78 is 50.7. The van der Waals surface area contributed by atoms with Crippen molar-refractivity contribution in [2.75, 3.05) is 27.2 Å². The topological polar surface area (TPSA) is 82.2 Å². The summed E-state index contributed by atoms with van der Waals surface area (Å²) in [6.45, 7) is 3.96. The highest BCUT2D eigenvalue weighted by Crippen LogP contribution is 2.37. The first-order valence-electron chi connectivity index (χ1n) is 13.7. The van der Waals surface area contributed by atoms with E-state index in [-0.39, 0.29) is 16.6 Å². The van der Waals surface area contributed by atoms with Crippen LogP contribution in [-0.4, -0.2) is 59.3 Å². The first-order valence-corrected chi connectivity index (χ1v) is 15.1. The highest BCUT2D eigenvalue weighted by atomic mass is 32.2. The third-order valence-corrected chi connectivity index (χ3v) is 9.49. The van der Waals surface area contributed by atoms with Crippen LogP contribution in [0, 0.1) is 12.7 Å². The number of aryl methyl sites for hydroxylation is 1. The van der Waals surface area contributed by atoms with Gasteiger partial charge in [-0.2, -0.15) is 0 Å². The van der Waals surface area contributed by atoms with Gasteiger partial charge >= 0.3 is 0 Å². The summed E-state index contributed by atoms with van der Waals surface area (Å²) in [6, 6.07) is 14.9. The molecule has 4 heterocycles. The molecule has 2 aromatic carbocycles. The van der Waals surface area contributed by atoms with Crippen LogP contribution in [0.2, 0.25) is 0 Å². The Morgan fingerprint density at radius 3 is 2.54 bits per heavy atom. The Morgan fingerprint density at radius 2 is 1.78 bits per heavy atom. The Bertz CT molecular complexity index is 1830. The molecule has 1 aliphatic rings. The second kappa shape index (κ2) is 10.8. The van der Waals surface area contributed by atoms with Crippen LogP contribution < -0.4 is 4.74 Å². The van der Waals surface area contributed by atoms with Crippen LogP contribution in [0.25, 0.3) is 33.3 Å². The molecule has 1 atom stereocenters. The molecule has 0 bridgehead atoms. The van der Waals surface area contributed by atoms with E-state index in [1.54, 1.807) is 49.7 Å². The molecule has 3 aromatic heterocycles. The fraction of sp³-hybridized carbons (Fsp3) is 0.290. The number of methoxy groups -OCH3 is 1. The largest absolute Gasteiger partial charge is 0.479 e. The predicted molar refractivity (Wildman–Crippen MR) is 157 cm³/mol. The third-order valence-electron chi connectivity index (χ3n) is 7.82. The molecule has 6 rings (SSSR count). The van der Waals surface area contributed by atoms with Crippen molar-refractivity contribution in [3.8, 4) is 28.1 Å². The van der Waals surface area contributed by atoms with Crippen molar-refractivity contribution in [3.63, 3.8) is 0 Å². The Kier molecular flexibility index (Phi) is 7.13. The van der Waals surface area contributed by atoms with Gasteiger partial charge in [-0.25, -0.2) is 21.8 Å². The quantitative estimate of drug-likeness (QED) is 0.251. The summed E-state index contributed by atoms with van der Waals surface area (Å²) in [5, 5.41) is 5.33. The SMILES string of the molecule is COc1nn(C2CCCN(C)CC2)cc1-c1cnc2c(c1)c(-c1cccc(F)c1)cn2S(=O)(=O)c1ccc(C)cc1. The third kappa shape index (κ3) is 5.13. The van der Waals surface area contributed by atoms with Crippen LogP contribution in [0.4, 0.5) is 4.39 Å². The minimum absolute atomic E-state index is 0.147. The van der Waals surface area contributed by atoms with Crippen LogP contribution in [0.5, 0.6) is 5.88 Å². The maximum Gasteiger partial charge on any atom is 0.269 e. The molecule has 1 saturated heterocycles. The molecule has 0 amide bonds. The lowest BCUT2D eigenvalue weighted by molar-refractivity contribution is 0.332. The number of hydrogen-bond donors (Lipinski definition) is 0. The normalized spacial score (nSPS) is 16.6. The summed E-state index contributed by atoms with van der Waals surface area (Å²) in [6.07, 6.45) is 8.25. The average molecular weight is 574 g/mol. The summed E-state index contributed by atoms with van der Waals surface area (Å²) >= 11 is 0. The van der Waals surface area contributed by atoms with Gasteiger partial charge in [-0.1, -0.05) is 29.8 Å². The molecule has 1 fully saturated rings. The minimum atomic E-state index is -3.97. The molecule has 1 aliphatic heterocycles. The molecule has 10 heteroatoms. The number of ether oxygens (including phenoxy) is 1. The maximum atomic E-state index is 14.3. The number of rotatable bonds is 6. The van der Waals surface area contributed by atoms with Crippen molar-refractivity contribution in [1.82, 2.24) is 23.6 Å².